The number of rotatable bonds is 3. The number of hydrogen-bond acceptors (Lipinski definition) is 6. The van der Waals surface area contributed by atoms with Crippen molar-refractivity contribution in [2.75, 3.05) is 12.1 Å². The minimum Gasteiger partial charge on any atom is -0.454 e. The number of alkyl halides is 3. The maximum atomic E-state index is 12.5. The lowest BCUT2D eigenvalue weighted by atomic mass is 10.1. The van der Waals surface area contributed by atoms with E-state index in [9.17, 15) is 18.0 Å². The molecule has 0 radical (unpaired) electrons. The molecule has 1 N–H and O–H groups in total. The van der Waals surface area contributed by atoms with Gasteiger partial charge in [0.2, 0.25) is 6.79 Å². The molecule has 0 spiro atoms. The summed E-state index contributed by atoms with van der Waals surface area (Å²) in [6.45, 7) is 0.165. The maximum Gasteiger partial charge on any atom is 0.433 e. The van der Waals surface area contributed by atoms with Crippen molar-refractivity contribution in [2.24, 2.45) is 0 Å². The highest BCUT2D eigenvalue weighted by Crippen LogP contribution is 2.36. The fourth-order valence-electron chi connectivity index (χ4n) is 2.38. The van der Waals surface area contributed by atoms with Gasteiger partial charge in [-0.25, -0.2) is 4.98 Å². The number of nitrogens with one attached hydrogen (secondary N) is 1. The molecule has 0 fully saturated rings. The maximum absolute atomic E-state index is 12.5. The van der Waals surface area contributed by atoms with Gasteiger partial charge in [0.1, 0.15) is 5.69 Å². The molecule has 0 bridgehead atoms. The molecule has 138 valence electrons. The number of hydrogen-bond donors (Lipinski definition) is 1. The molecule has 1 aromatic carbocycles. The molecule has 6 nitrogen and oxygen atoms in total. The molecular formula is C17H10F3N3O3S. The number of benzene rings is 1. The number of anilines is 1. The fourth-order valence-corrected chi connectivity index (χ4v) is 3.10. The van der Waals surface area contributed by atoms with E-state index in [2.05, 4.69) is 15.3 Å². The van der Waals surface area contributed by atoms with Gasteiger partial charge in [0.15, 0.2) is 16.6 Å². The topological polar surface area (TPSA) is 73.3 Å². The number of halogens is 3. The molecule has 3 aromatic rings. The van der Waals surface area contributed by atoms with Crippen molar-refractivity contribution in [3.05, 3.63) is 53.2 Å². The van der Waals surface area contributed by atoms with Crippen LogP contribution in [0.3, 0.4) is 0 Å². The first kappa shape index (κ1) is 17.3. The van der Waals surface area contributed by atoms with Crippen LogP contribution >= 0.6 is 11.3 Å². The molecule has 4 rings (SSSR count). The molecule has 1 aliphatic heterocycles. The number of carbonyl (C=O) groups is 1. The normalized spacial score (nSPS) is 12.9. The Morgan fingerprint density at radius 2 is 1.96 bits per heavy atom. The van der Waals surface area contributed by atoms with Gasteiger partial charge in [0.25, 0.3) is 5.91 Å². The van der Waals surface area contributed by atoms with E-state index < -0.39 is 17.8 Å². The Kier molecular flexibility index (Phi) is 4.19. The first-order valence-electron chi connectivity index (χ1n) is 7.60. The molecule has 10 heteroatoms. The summed E-state index contributed by atoms with van der Waals surface area (Å²) in [5.41, 5.74) is 0.354. The van der Waals surface area contributed by atoms with E-state index in [4.69, 9.17) is 9.47 Å². The standard InChI is InChI=1S/C17H10F3N3O3S/c18-17(19,20)14-4-2-10(6-21-14)15(24)23-16-22-11(7-27-16)9-1-3-12-13(5-9)26-8-25-12/h1-7H,8H2,(H,22,23,24). The van der Waals surface area contributed by atoms with Crippen LogP contribution in [0, 0.1) is 0 Å². The Labute approximate surface area is 154 Å². The molecule has 0 saturated heterocycles. The average Bonchev–Trinajstić information content (AvgIpc) is 3.29. The van der Waals surface area contributed by atoms with Gasteiger partial charge in [-0.05, 0) is 30.3 Å². The lowest BCUT2D eigenvalue weighted by molar-refractivity contribution is -0.141. The van der Waals surface area contributed by atoms with Crippen molar-refractivity contribution in [2.45, 2.75) is 6.18 Å². The van der Waals surface area contributed by atoms with Crippen molar-refractivity contribution in [1.82, 2.24) is 9.97 Å². The Morgan fingerprint density at radius 1 is 1.15 bits per heavy atom. The Hall–Kier alpha value is -3.14. The fraction of sp³-hybridized carbons (Fsp3) is 0.118. The third kappa shape index (κ3) is 3.56. The summed E-state index contributed by atoms with van der Waals surface area (Å²) in [7, 11) is 0. The summed E-state index contributed by atoms with van der Waals surface area (Å²) in [5, 5.41) is 4.61. The van der Waals surface area contributed by atoms with Crippen LogP contribution < -0.4 is 14.8 Å². The summed E-state index contributed by atoms with van der Waals surface area (Å²) in [4.78, 5) is 19.8. The number of amides is 1. The van der Waals surface area contributed by atoms with E-state index >= 15 is 0 Å². The van der Waals surface area contributed by atoms with E-state index in [0.717, 1.165) is 23.9 Å². The lowest BCUT2D eigenvalue weighted by Gasteiger charge is -2.06. The van der Waals surface area contributed by atoms with Gasteiger partial charge < -0.3 is 9.47 Å². The zero-order chi connectivity index (χ0) is 19.0. The van der Waals surface area contributed by atoms with Crippen molar-refractivity contribution < 1.29 is 27.4 Å². The molecule has 0 aliphatic carbocycles. The Bertz CT molecular complexity index is 1000. The molecule has 2 aromatic heterocycles. The second-order valence-corrected chi connectivity index (χ2v) is 6.35. The number of fused-ring (bicyclic) bond motifs is 1. The van der Waals surface area contributed by atoms with Gasteiger partial charge in [-0.2, -0.15) is 13.2 Å². The molecule has 1 amide bonds. The van der Waals surface area contributed by atoms with Crippen LogP contribution in [0.25, 0.3) is 11.3 Å². The van der Waals surface area contributed by atoms with E-state index in [1.807, 2.05) is 6.07 Å². The van der Waals surface area contributed by atoms with Gasteiger partial charge in [-0.1, -0.05) is 0 Å². The number of pyridine rings is 1. The van der Waals surface area contributed by atoms with Crippen LogP contribution in [0.5, 0.6) is 11.5 Å². The molecule has 3 heterocycles. The molecular weight excluding hydrogens is 383 g/mol. The third-order valence-corrected chi connectivity index (χ3v) is 4.47. The van der Waals surface area contributed by atoms with Crippen molar-refractivity contribution >= 4 is 22.4 Å². The zero-order valence-electron chi connectivity index (χ0n) is 13.4. The lowest BCUT2D eigenvalue weighted by Crippen LogP contribution is -2.14. The molecule has 0 saturated carbocycles. The number of ether oxygens (including phenoxy) is 2. The Balaban J connectivity index is 1.48. The summed E-state index contributed by atoms with van der Waals surface area (Å²) >= 11 is 1.19. The van der Waals surface area contributed by atoms with Crippen LogP contribution in [0.2, 0.25) is 0 Å². The summed E-state index contributed by atoms with van der Waals surface area (Å²) < 4.78 is 48.2. The second kappa shape index (κ2) is 6.54. The number of aromatic nitrogens is 2. The van der Waals surface area contributed by atoms with E-state index in [0.29, 0.717) is 22.3 Å². The minimum atomic E-state index is -4.55. The monoisotopic (exact) mass is 393 g/mol. The van der Waals surface area contributed by atoms with Crippen molar-refractivity contribution in [1.29, 1.82) is 0 Å². The first-order chi connectivity index (χ1) is 12.9. The molecule has 0 atom stereocenters. The van der Waals surface area contributed by atoms with Crippen molar-refractivity contribution in [3.8, 4) is 22.8 Å². The van der Waals surface area contributed by atoms with Crippen LogP contribution in [0.15, 0.2) is 41.9 Å². The van der Waals surface area contributed by atoms with Gasteiger partial charge in [0, 0.05) is 17.1 Å². The van der Waals surface area contributed by atoms with E-state index in [-0.39, 0.29) is 12.4 Å². The summed E-state index contributed by atoms with van der Waals surface area (Å²) in [6, 6.07) is 7.19. The smallest absolute Gasteiger partial charge is 0.433 e. The number of nitrogens with zero attached hydrogens (tertiary/aromatic N) is 2. The SMILES string of the molecule is O=C(Nc1nc(-c2ccc3c(c2)OCO3)cs1)c1ccc(C(F)(F)F)nc1. The highest BCUT2D eigenvalue weighted by Gasteiger charge is 2.32. The van der Waals surface area contributed by atoms with Gasteiger partial charge >= 0.3 is 6.18 Å². The van der Waals surface area contributed by atoms with Gasteiger partial charge in [-0.3, -0.25) is 15.1 Å². The largest absolute Gasteiger partial charge is 0.454 e. The van der Waals surface area contributed by atoms with Crippen LogP contribution in [-0.4, -0.2) is 22.7 Å². The predicted molar refractivity (Wildman–Crippen MR) is 90.9 cm³/mol. The quantitative estimate of drug-likeness (QED) is 0.722. The summed E-state index contributed by atoms with van der Waals surface area (Å²) in [5.74, 6) is 0.669. The van der Waals surface area contributed by atoms with Crippen LogP contribution in [0.4, 0.5) is 18.3 Å². The minimum absolute atomic E-state index is 0.00262. The average molecular weight is 393 g/mol. The molecule has 27 heavy (non-hydrogen) atoms. The Morgan fingerprint density at radius 3 is 2.70 bits per heavy atom. The highest BCUT2D eigenvalue weighted by atomic mass is 32.1. The third-order valence-electron chi connectivity index (χ3n) is 3.71. The summed E-state index contributed by atoms with van der Waals surface area (Å²) in [6.07, 6.45) is -3.67. The first-order valence-corrected chi connectivity index (χ1v) is 8.48. The predicted octanol–water partition coefficient (Wildman–Crippen LogP) is 4.20. The van der Waals surface area contributed by atoms with E-state index in [1.165, 1.54) is 11.3 Å². The van der Waals surface area contributed by atoms with Crippen molar-refractivity contribution in [3.63, 3.8) is 0 Å². The van der Waals surface area contributed by atoms with Crippen LogP contribution in [-0.2, 0) is 6.18 Å². The van der Waals surface area contributed by atoms with Crippen LogP contribution in [0.1, 0.15) is 16.1 Å². The molecule has 0 unspecified atom stereocenters. The second-order valence-electron chi connectivity index (χ2n) is 5.49. The van der Waals surface area contributed by atoms with Gasteiger partial charge in [-0.15, -0.1) is 11.3 Å². The number of carbonyl (C=O) groups excluding carboxylic acids is 1. The molecule has 1 aliphatic rings. The van der Waals surface area contributed by atoms with Gasteiger partial charge in [0.05, 0.1) is 11.3 Å². The zero-order valence-corrected chi connectivity index (χ0v) is 14.2. The highest BCUT2D eigenvalue weighted by molar-refractivity contribution is 7.14. The van der Waals surface area contributed by atoms with E-state index in [1.54, 1.807) is 17.5 Å². The number of thiazole rings is 1.